The standard InChI is InChI=1S/C37H30N2/c1-37(2)31-19-11-12-20-33(31)39-34-22-21-25-13-9-10-18-29(25)35(34)30-23-28(24-32(37)36(30)39)38(26-14-5-3-6-15-26)27-16-7-4-8-17-27/h3-24,31,33H,1-2H3. The molecular formula is C37H30N2. The maximum absolute atomic E-state index is 2.63. The Hall–Kier alpha value is -4.56. The van der Waals surface area contributed by atoms with Gasteiger partial charge in [0.25, 0.3) is 0 Å². The molecule has 2 heterocycles. The lowest BCUT2D eigenvalue weighted by atomic mass is 9.66. The summed E-state index contributed by atoms with van der Waals surface area (Å²) in [7, 11) is 0. The third-order valence-corrected chi connectivity index (χ3v) is 8.99. The first kappa shape index (κ1) is 22.4. The minimum absolute atomic E-state index is 0.0422. The highest BCUT2D eigenvalue weighted by atomic mass is 15.1. The average Bonchev–Trinajstić information content (AvgIpc) is 3.32. The summed E-state index contributed by atoms with van der Waals surface area (Å²) >= 11 is 0. The van der Waals surface area contributed by atoms with Gasteiger partial charge in [0.1, 0.15) is 0 Å². The van der Waals surface area contributed by atoms with Gasteiger partial charge in [0.05, 0.1) is 17.1 Å². The summed E-state index contributed by atoms with van der Waals surface area (Å²) in [5.41, 5.74) is 7.58. The Morgan fingerprint density at radius 1 is 0.641 bits per heavy atom. The molecule has 188 valence electrons. The Labute approximate surface area is 229 Å². The van der Waals surface area contributed by atoms with Crippen LogP contribution in [0.15, 0.2) is 133 Å². The normalized spacial score (nSPS) is 19.0. The molecule has 2 aliphatic rings. The van der Waals surface area contributed by atoms with E-state index in [2.05, 4.69) is 157 Å². The molecule has 0 spiro atoms. The monoisotopic (exact) mass is 502 g/mol. The van der Waals surface area contributed by atoms with E-state index >= 15 is 0 Å². The Morgan fingerprint density at radius 2 is 1.31 bits per heavy atom. The van der Waals surface area contributed by atoms with Crippen molar-refractivity contribution in [1.29, 1.82) is 0 Å². The zero-order valence-corrected chi connectivity index (χ0v) is 22.3. The van der Waals surface area contributed by atoms with Gasteiger partial charge in [-0.25, -0.2) is 0 Å². The molecule has 2 atom stereocenters. The van der Waals surface area contributed by atoms with E-state index in [1.54, 1.807) is 0 Å². The fourth-order valence-corrected chi connectivity index (χ4v) is 7.15. The Morgan fingerprint density at radius 3 is 2.05 bits per heavy atom. The van der Waals surface area contributed by atoms with Gasteiger partial charge in [-0.1, -0.05) is 105 Å². The van der Waals surface area contributed by atoms with E-state index in [4.69, 9.17) is 0 Å². The first-order valence-electron chi connectivity index (χ1n) is 13.9. The minimum atomic E-state index is -0.0422. The molecule has 0 amide bonds. The van der Waals surface area contributed by atoms with Crippen molar-refractivity contribution in [3.8, 4) is 0 Å². The predicted octanol–water partition coefficient (Wildman–Crippen LogP) is 9.99. The average molecular weight is 503 g/mol. The largest absolute Gasteiger partial charge is 0.333 e. The highest BCUT2D eigenvalue weighted by Crippen LogP contribution is 2.54. The molecule has 0 saturated carbocycles. The molecule has 2 unspecified atom stereocenters. The Bertz CT molecular complexity index is 1900. The molecule has 0 saturated heterocycles. The number of anilines is 3. The van der Waals surface area contributed by atoms with E-state index < -0.39 is 0 Å². The third-order valence-electron chi connectivity index (χ3n) is 8.99. The first-order valence-corrected chi connectivity index (χ1v) is 13.9. The fraction of sp³-hybridized carbons (Fsp3) is 0.135. The number of aromatic nitrogens is 1. The highest BCUT2D eigenvalue weighted by Gasteiger charge is 2.43. The van der Waals surface area contributed by atoms with Crippen LogP contribution in [0.1, 0.15) is 25.5 Å². The lowest BCUT2D eigenvalue weighted by Gasteiger charge is -2.44. The second-order valence-corrected chi connectivity index (χ2v) is 11.5. The predicted molar refractivity (Wildman–Crippen MR) is 165 cm³/mol. The molecule has 39 heavy (non-hydrogen) atoms. The Kier molecular flexibility index (Phi) is 4.73. The maximum atomic E-state index is 2.63. The molecule has 0 radical (unpaired) electrons. The van der Waals surface area contributed by atoms with Gasteiger partial charge in [0.2, 0.25) is 0 Å². The van der Waals surface area contributed by atoms with Crippen molar-refractivity contribution >= 4 is 49.6 Å². The van der Waals surface area contributed by atoms with Crippen molar-refractivity contribution in [3.05, 3.63) is 139 Å². The minimum Gasteiger partial charge on any atom is -0.333 e. The molecule has 1 aliphatic carbocycles. The van der Waals surface area contributed by atoms with Gasteiger partial charge in [0.15, 0.2) is 0 Å². The van der Waals surface area contributed by atoms with Gasteiger partial charge < -0.3 is 9.47 Å². The summed E-state index contributed by atoms with van der Waals surface area (Å²) in [5, 5.41) is 5.29. The van der Waals surface area contributed by atoms with Crippen LogP contribution in [0.5, 0.6) is 0 Å². The molecule has 8 rings (SSSR count). The van der Waals surface area contributed by atoms with Crippen LogP contribution in [-0.2, 0) is 5.41 Å². The molecule has 2 heteroatoms. The summed E-state index contributed by atoms with van der Waals surface area (Å²) in [4.78, 5) is 2.41. The van der Waals surface area contributed by atoms with Crippen LogP contribution in [0.3, 0.4) is 0 Å². The number of hydrogen-bond donors (Lipinski definition) is 0. The summed E-state index contributed by atoms with van der Waals surface area (Å²) < 4.78 is 2.63. The van der Waals surface area contributed by atoms with Gasteiger partial charge in [0, 0.05) is 39.2 Å². The van der Waals surface area contributed by atoms with Crippen LogP contribution in [-0.4, -0.2) is 4.57 Å². The SMILES string of the molecule is CC1(C)c2cc(N(c3ccccc3)c3ccccc3)cc3c4c5ccccc5ccc4n(c23)C2C=CC=CC21. The van der Waals surface area contributed by atoms with Gasteiger partial charge in [-0.05, 0) is 58.8 Å². The lowest BCUT2D eigenvalue weighted by Crippen LogP contribution is -2.38. The second kappa shape index (κ2) is 8.22. The summed E-state index contributed by atoms with van der Waals surface area (Å²) in [6.45, 7) is 4.86. The third kappa shape index (κ3) is 3.15. The van der Waals surface area contributed by atoms with E-state index in [-0.39, 0.29) is 5.41 Å². The number of allylic oxidation sites excluding steroid dienone is 4. The van der Waals surface area contributed by atoms with Gasteiger partial charge in [-0.3, -0.25) is 0 Å². The molecule has 2 nitrogen and oxygen atoms in total. The second-order valence-electron chi connectivity index (χ2n) is 11.5. The summed E-state index contributed by atoms with van der Waals surface area (Å²) in [6.07, 6.45) is 9.28. The van der Waals surface area contributed by atoms with Crippen molar-refractivity contribution < 1.29 is 0 Å². The first-order chi connectivity index (χ1) is 19.1. The quantitative estimate of drug-likeness (QED) is 0.234. The van der Waals surface area contributed by atoms with Crippen molar-refractivity contribution in [2.45, 2.75) is 25.3 Å². The molecule has 0 N–H and O–H groups in total. The smallest absolute Gasteiger partial charge is 0.0597 e. The number of nitrogens with zero attached hydrogens (tertiary/aromatic N) is 2. The van der Waals surface area contributed by atoms with Crippen molar-refractivity contribution in [2.24, 2.45) is 5.92 Å². The van der Waals surface area contributed by atoms with Crippen molar-refractivity contribution in [3.63, 3.8) is 0 Å². The van der Waals surface area contributed by atoms with Crippen LogP contribution < -0.4 is 4.90 Å². The topological polar surface area (TPSA) is 8.17 Å². The number of fused-ring (bicyclic) bond motifs is 7. The molecule has 5 aromatic carbocycles. The zero-order valence-electron chi connectivity index (χ0n) is 22.3. The van der Waals surface area contributed by atoms with Crippen molar-refractivity contribution in [1.82, 2.24) is 4.57 Å². The molecule has 0 bridgehead atoms. The zero-order chi connectivity index (χ0) is 26.1. The van der Waals surface area contributed by atoms with Gasteiger partial charge in [-0.15, -0.1) is 0 Å². The fourth-order valence-electron chi connectivity index (χ4n) is 7.15. The van der Waals surface area contributed by atoms with Crippen molar-refractivity contribution in [2.75, 3.05) is 4.90 Å². The van der Waals surface area contributed by atoms with Crippen LogP contribution >= 0.6 is 0 Å². The molecule has 0 fully saturated rings. The number of para-hydroxylation sites is 2. The number of hydrogen-bond acceptors (Lipinski definition) is 1. The molecule has 6 aromatic rings. The highest BCUT2D eigenvalue weighted by molar-refractivity contribution is 6.22. The maximum Gasteiger partial charge on any atom is 0.0597 e. The van der Waals surface area contributed by atoms with E-state index in [9.17, 15) is 0 Å². The molecule has 1 aliphatic heterocycles. The number of rotatable bonds is 3. The van der Waals surface area contributed by atoms with E-state index in [1.807, 2.05) is 0 Å². The number of benzene rings is 5. The lowest BCUT2D eigenvalue weighted by molar-refractivity contribution is 0.294. The van der Waals surface area contributed by atoms with Gasteiger partial charge in [-0.2, -0.15) is 0 Å². The molecule has 1 aromatic heterocycles. The Balaban J connectivity index is 1.54. The summed E-state index contributed by atoms with van der Waals surface area (Å²) in [5.74, 6) is 0.373. The van der Waals surface area contributed by atoms with E-state index in [0.717, 1.165) is 11.4 Å². The van der Waals surface area contributed by atoms with Crippen LogP contribution in [0, 0.1) is 5.92 Å². The van der Waals surface area contributed by atoms with E-state index in [0.29, 0.717) is 12.0 Å². The van der Waals surface area contributed by atoms with Crippen LogP contribution in [0.2, 0.25) is 0 Å². The van der Waals surface area contributed by atoms with Crippen LogP contribution in [0.4, 0.5) is 17.1 Å². The molecular weight excluding hydrogens is 472 g/mol. The summed E-state index contributed by atoms with van der Waals surface area (Å²) in [6, 6.07) is 40.2. The van der Waals surface area contributed by atoms with E-state index in [1.165, 1.54) is 43.8 Å². The van der Waals surface area contributed by atoms with Gasteiger partial charge >= 0.3 is 0 Å². The van der Waals surface area contributed by atoms with Crippen LogP contribution in [0.25, 0.3) is 32.6 Å².